The second-order valence-electron chi connectivity index (χ2n) is 4.25. The third-order valence-electron chi connectivity index (χ3n) is 2.90. The zero-order valence-corrected chi connectivity index (χ0v) is 11.2. The predicted octanol–water partition coefficient (Wildman–Crippen LogP) is 2.54. The van der Waals surface area contributed by atoms with Crippen molar-refractivity contribution >= 4 is 28.4 Å². The molecule has 2 N–H and O–H groups in total. The van der Waals surface area contributed by atoms with Gasteiger partial charge in [-0.2, -0.15) is 0 Å². The number of hydrogen-bond donors (Lipinski definition) is 2. The minimum absolute atomic E-state index is 0.206. The second kappa shape index (κ2) is 5.30. The molecule has 3 aromatic heterocycles. The van der Waals surface area contributed by atoms with Gasteiger partial charge in [0.15, 0.2) is 5.15 Å². The maximum Gasteiger partial charge on any atom is 0.268 e. The number of carbonyl (C=O) groups is 1. The molecule has 20 heavy (non-hydrogen) atoms. The van der Waals surface area contributed by atoms with Crippen LogP contribution in [0, 0.1) is 0 Å². The van der Waals surface area contributed by atoms with Gasteiger partial charge in [0, 0.05) is 17.8 Å². The number of halogens is 1. The minimum atomic E-state index is -0.206. The van der Waals surface area contributed by atoms with Gasteiger partial charge < -0.3 is 10.3 Å². The summed E-state index contributed by atoms with van der Waals surface area (Å²) in [4.78, 5) is 23.1. The summed E-state index contributed by atoms with van der Waals surface area (Å²) in [7, 11) is 0. The van der Waals surface area contributed by atoms with E-state index in [2.05, 4.69) is 20.3 Å². The van der Waals surface area contributed by atoms with Crippen molar-refractivity contribution in [2.24, 2.45) is 0 Å². The van der Waals surface area contributed by atoms with Crippen molar-refractivity contribution in [1.29, 1.82) is 0 Å². The summed E-state index contributed by atoms with van der Waals surface area (Å²) >= 11 is 5.96. The molecule has 0 aliphatic heterocycles. The van der Waals surface area contributed by atoms with Crippen LogP contribution in [0.4, 0.5) is 0 Å². The Balaban J connectivity index is 1.77. The fourth-order valence-corrected chi connectivity index (χ4v) is 2.12. The molecule has 0 unspecified atom stereocenters. The van der Waals surface area contributed by atoms with E-state index in [9.17, 15) is 4.79 Å². The molecule has 6 heteroatoms. The van der Waals surface area contributed by atoms with Crippen molar-refractivity contribution in [3.63, 3.8) is 0 Å². The lowest BCUT2D eigenvalue weighted by atomic mass is 10.3. The maximum absolute atomic E-state index is 12.1. The fraction of sp³-hybridized carbons (Fsp3) is 0.0714. The van der Waals surface area contributed by atoms with Crippen LogP contribution in [0.3, 0.4) is 0 Å². The minimum Gasteiger partial charge on any atom is -0.348 e. The van der Waals surface area contributed by atoms with E-state index in [1.165, 1.54) is 0 Å². The molecule has 0 bridgehead atoms. The quantitative estimate of drug-likeness (QED) is 0.727. The Kier molecular flexibility index (Phi) is 3.35. The number of fused-ring (bicyclic) bond motifs is 1. The predicted molar refractivity (Wildman–Crippen MR) is 76.5 cm³/mol. The smallest absolute Gasteiger partial charge is 0.268 e. The highest BCUT2D eigenvalue weighted by molar-refractivity contribution is 6.33. The first-order chi connectivity index (χ1) is 9.74. The van der Waals surface area contributed by atoms with E-state index >= 15 is 0 Å². The van der Waals surface area contributed by atoms with Crippen molar-refractivity contribution in [2.45, 2.75) is 6.54 Å². The van der Waals surface area contributed by atoms with Crippen LogP contribution in [0.25, 0.3) is 10.9 Å². The number of carbonyl (C=O) groups excluding carboxylic acids is 1. The van der Waals surface area contributed by atoms with Crippen molar-refractivity contribution in [3.8, 4) is 0 Å². The van der Waals surface area contributed by atoms with E-state index in [1.54, 1.807) is 24.5 Å². The molecule has 0 aliphatic carbocycles. The molecule has 0 saturated carbocycles. The van der Waals surface area contributed by atoms with Gasteiger partial charge in [-0.25, -0.2) is 4.98 Å². The number of rotatable bonds is 3. The van der Waals surface area contributed by atoms with Gasteiger partial charge in [0.1, 0.15) is 5.69 Å². The lowest BCUT2D eigenvalue weighted by Crippen LogP contribution is -2.23. The van der Waals surface area contributed by atoms with E-state index in [4.69, 9.17) is 11.6 Å². The number of amides is 1. The molecular weight excluding hydrogens is 276 g/mol. The van der Waals surface area contributed by atoms with Crippen LogP contribution in [0.15, 0.2) is 42.7 Å². The van der Waals surface area contributed by atoms with Crippen molar-refractivity contribution < 1.29 is 4.79 Å². The average Bonchev–Trinajstić information content (AvgIpc) is 2.91. The molecule has 0 radical (unpaired) electrons. The highest BCUT2D eigenvalue weighted by Crippen LogP contribution is 2.21. The first-order valence-corrected chi connectivity index (χ1v) is 6.43. The van der Waals surface area contributed by atoms with Gasteiger partial charge in [-0.15, -0.1) is 0 Å². The third-order valence-corrected chi connectivity index (χ3v) is 3.18. The van der Waals surface area contributed by atoms with Crippen LogP contribution in [-0.4, -0.2) is 20.9 Å². The average molecular weight is 287 g/mol. The molecule has 0 fully saturated rings. The lowest BCUT2D eigenvalue weighted by Gasteiger charge is -2.02. The maximum atomic E-state index is 12.1. The second-order valence-corrected chi connectivity index (χ2v) is 4.61. The third kappa shape index (κ3) is 2.48. The molecule has 0 spiro atoms. The number of hydrogen-bond acceptors (Lipinski definition) is 3. The van der Waals surface area contributed by atoms with Crippen molar-refractivity contribution in [2.75, 3.05) is 0 Å². The van der Waals surface area contributed by atoms with Crippen LogP contribution in [0.2, 0.25) is 5.15 Å². The van der Waals surface area contributed by atoms with Gasteiger partial charge in [-0.1, -0.05) is 17.7 Å². The number of nitrogens with one attached hydrogen (secondary N) is 2. The monoisotopic (exact) mass is 286 g/mol. The Morgan fingerprint density at radius 2 is 2.15 bits per heavy atom. The van der Waals surface area contributed by atoms with E-state index in [-0.39, 0.29) is 5.91 Å². The van der Waals surface area contributed by atoms with Crippen LogP contribution in [0.5, 0.6) is 0 Å². The van der Waals surface area contributed by atoms with Crippen molar-refractivity contribution in [3.05, 3.63) is 59.3 Å². The van der Waals surface area contributed by atoms with Gasteiger partial charge in [0.25, 0.3) is 5.91 Å². The largest absolute Gasteiger partial charge is 0.348 e. The highest BCUT2D eigenvalue weighted by Gasteiger charge is 2.11. The SMILES string of the molecule is O=C(NCc1ccccn1)c1cc2ccnc(Cl)c2[nH]1. The highest BCUT2D eigenvalue weighted by atomic mass is 35.5. The summed E-state index contributed by atoms with van der Waals surface area (Å²) in [6.07, 6.45) is 3.30. The van der Waals surface area contributed by atoms with Gasteiger partial charge >= 0.3 is 0 Å². The first kappa shape index (κ1) is 12.6. The molecule has 0 aromatic carbocycles. The lowest BCUT2D eigenvalue weighted by molar-refractivity contribution is 0.0946. The Hall–Kier alpha value is -2.40. The molecule has 3 rings (SSSR count). The number of nitrogens with zero attached hydrogens (tertiary/aromatic N) is 2. The summed E-state index contributed by atoms with van der Waals surface area (Å²) in [5.41, 5.74) is 1.92. The Morgan fingerprint density at radius 1 is 1.25 bits per heavy atom. The van der Waals surface area contributed by atoms with E-state index in [1.807, 2.05) is 18.2 Å². The Bertz CT molecular complexity index is 754. The van der Waals surface area contributed by atoms with Crippen LogP contribution in [-0.2, 0) is 6.54 Å². The summed E-state index contributed by atoms with van der Waals surface area (Å²) < 4.78 is 0. The molecule has 1 amide bonds. The molecular formula is C14H11ClN4O. The molecule has 3 heterocycles. The molecule has 0 atom stereocenters. The Morgan fingerprint density at radius 3 is 2.90 bits per heavy atom. The normalized spacial score (nSPS) is 10.7. The number of aromatic amines is 1. The number of H-pyrrole nitrogens is 1. The van der Waals surface area contributed by atoms with Crippen molar-refractivity contribution in [1.82, 2.24) is 20.3 Å². The van der Waals surface area contributed by atoms with E-state index in [0.29, 0.717) is 22.9 Å². The Labute approximate surface area is 120 Å². The van der Waals surface area contributed by atoms with Crippen LogP contribution in [0.1, 0.15) is 16.2 Å². The standard InChI is InChI=1S/C14H11ClN4O/c15-13-12-9(4-6-17-13)7-11(19-12)14(20)18-8-10-3-1-2-5-16-10/h1-7,19H,8H2,(H,18,20). The van der Waals surface area contributed by atoms with Gasteiger partial charge in [0.2, 0.25) is 0 Å². The van der Waals surface area contributed by atoms with Gasteiger partial charge in [-0.3, -0.25) is 9.78 Å². The van der Waals surface area contributed by atoms with Gasteiger partial charge in [-0.05, 0) is 24.3 Å². The number of aromatic nitrogens is 3. The summed E-state index contributed by atoms with van der Waals surface area (Å²) in [5.74, 6) is -0.206. The molecule has 100 valence electrons. The summed E-state index contributed by atoms with van der Waals surface area (Å²) in [5, 5.41) is 4.01. The fourth-order valence-electron chi connectivity index (χ4n) is 1.91. The van der Waals surface area contributed by atoms with Gasteiger partial charge in [0.05, 0.1) is 17.8 Å². The summed E-state index contributed by atoms with van der Waals surface area (Å²) in [6.45, 7) is 0.376. The van der Waals surface area contributed by atoms with E-state index < -0.39 is 0 Å². The topological polar surface area (TPSA) is 70.7 Å². The molecule has 3 aromatic rings. The van der Waals surface area contributed by atoms with Crippen LogP contribution < -0.4 is 5.32 Å². The molecule has 0 aliphatic rings. The molecule has 5 nitrogen and oxygen atoms in total. The van der Waals surface area contributed by atoms with E-state index in [0.717, 1.165) is 11.1 Å². The van der Waals surface area contributed by atoms with Crippen LogP contribution >= 0.6 is 11.6 Å². The summed E-state index contributed by atoms with van der Waals surface area (Å²) in [6, 6.07) is 9.11. The first-order valence-electron chi connectivity index (χ1n) is 6.05. The zero-order chi connectivity index (χ0) is 13.9. The molecule has 0 saturated heterocycles. The zero-order valence-electron chi connectivity index (χ0n) is 10.4. The number of pyridine rings is 2.